The second kappa shape index (κ2) is 9.33. The van der Waals surface area contributed by atoms with Crippen LogP contribution in [0.3, 0.4) is 0 Å². The number of fused-ring (bicyclic) bond motifs is 2. The van der Waals surface area contributed by atoms with Gasteiger partial charge in [0.2, 0.25) is 6.79 Å². The van der Waals surface area contributed by atoms with E-state index in [9.17, 15) is 4.79 Å². The molecule has 0 radical (unpaired) electrons. The van der Waals surface area contributed by atoms with Gasteiger partial charge in [0.1, 0.15) is 17.1 Å². The minimum atomic E-state index is -0.420. The van der Waals surface area contributed by atoms with Crippen LogP contribution in [0.25, 0.3) is 11.0 Å². The monoisotopic (exact) mass is 453 g/mol. The normalized spacial score (nSPS) is 16.7. The van der Waals surface area contributed by atoms with E-state index in [1.165, 1.54) is 6.07 Å². The average Bonchev–Trinajstić information content (AvgIpc) is 3.32. The molecular formula is C25H27NO7. The summed E-state index contributed by atoms with van der Waals surface area (Å²) in [5, 5.41) is 0.727. The van der Waals surface area contributed by atoms with Crippen molar-refractivity contribution >= 4 is 11.0 Å². The zero-order valence-corrected chi connectivity index (χ0v) is 18.8. The van der Waals surface area contributed by atoms with Crippen LogP contribution in [0.1, 0.15) is 23.5 Å². The molecule has 1 fully saturated rings. The first kappa shape index (κ1) is 21.6. The van der Waals surface area contributed by atoms with Crippen LogP contribution in [0.4, 0.5) is 0 Å². The molecular weight excluding hydrogens is 426 g/mol. The van der Waals surface area contributed by atoms with Gasteiger partial charge in [-0.1, -0.05) is 6.07 Å². The van der Waals surface area contributed by atoms with Gasteiger partial charge in [-0.05, 0) is 36.7 Å². The standard InChI is InChI=1S/C25H27NO7/c1-28-20-14-22(29-2)24(25-18(20)4-6-23(27)33-25)17(7-8-26-9-11-30-12-10-26)16-3-5-19-21(13-16)32-15-31-19/h3-6,13-14,17H,7-12,15H2,1-2H3/t17-/m1/s1. The quantitative estimate of drug-likeness (QED) is 0.504. The van der Waals surface area contributed by atoms with Crippen LogP contribution in [0.5, 0.6) is 23.0 Å². The first-order chi connectivity index (χ1) is 16.2. The maximum Gasteiger partial charge on any atom is 0.336 e. The van der Waals surface area contributed by atoms with Gasteiger partial charge in [-0.2, -0.15) is 0 Å². The molecule has 1 saturated heterocycles. The summed E-state index contributed by atoms with van der Waals surface area (Å²) in [4.78, 5) is 14.6. The lowest BCUT2D eigenvalue weighted by Crippen LogP contribution is -2.37. The third-order valence-corrected chi connectivity index (χ3v) is 6.30. The van der Waals surface area contributed by atoms with E-state index in [0.29, 0.717) is 22.8 Å². The molecule has 0 N–H and O–H groups in total. The van der Waals surface area contributed by atoms with Crippen molar-refractivity contribution in [2.75, 3.05) is 53.9 Å². The van der Waals surface area contributed by atoms with Crippen molar-refractivity contribution in [3.63, 3.8) is 0 Å². The Morgan fingerprint density at radius 2 is 1.76 bits per heavy atom. The van der Waals surface area contributed by atoms with Gasteiger partial charge in [0.25, 0.3) is 0 Å². The lowest BCUT2D eigenvalue weighted by molar-refractivity contribution is 0.0369. The highest BCUT2D eigenvalue weighted by atomic mass is 16.7. The highest BCUT2D eigenvalue weighted by Crippen LogP contribution is 2.45. The molecule has 2 aliphatic heterocycles. The number of nitrogens with zero attached hydrogens (tertiary/aromatic N) is 1. The molecule has 3 heterocycles. The minimum Gasteiger partial charge on any atom is -0.496 e. The molecule has 0 spiro atoms. The Morgan fingerprint density at radius 1 is 0.970 bits per heavy atom. The fraction of sp³-hybridized carbons (Fsp3) is 0.400. The van der Waals surface area contributed by atoms with Crippen molar-refractivity contribution < 1.29 is 28.1 Å². The summed E-state index contributed by atoms with van der Waals surface area (Å²) >= 11 is 0. The lowest BCUT2D eigenvalue weighted by Gasteiger charge is -2.29. The van der Waals surface area contributed by atoms with Crippen molar-refractivity contribution in [2.45, 2.75) is 12.3 Å². The molecule has 2 aliphatic rings. The van der Waals surface area contributed by atoms with Crippen molar-refractivity contribution in [3.05, 3.63) is 57.9 Å². The third-order valence-electron chi connectivity index (χ3n) is 6.30. The minimum absolute atomic E-state index is 0.115. The lowest BCUT2D eigenvalue weighted by atomic mass is 9.86. The molecule has 3 aromatic rings. The van der Waals surface area contributed by atoms with Crippen LogP contribution in [0, 0.1) is 0 Å². The largest absolute Gasteiger partial charge is 0.496 e. The van der Waals surface area contributed by atoms with Gasteiger partial charge in [-0.25, -0.2) is 4.79 Å². The first-order valence-electron chi connectivity index (χ1n) is 11.1. The fourth-order valence-corrected chi connectivity index (χ4v) is 4.61. The highest BCUT2D eigenvalue weighted by Gasteiger charge is 2.28. The molecule has 0 amide bonds. The summed E-state index contributed by atoms with van der Waals surface area (Å²) in [6, 6.07) is 11.0. The van der Waals surface area contributed by atoms with Crippen molar-refractivity contribution in [3.8, 4) is 23.0 Å². The molecule has 0 aliphatic carbocycles. The SMILES string of the molecule is COc1cc(OC)c2ccc(=O)oc2c1[C@H](CCN1CCOCC1)c1ccc2c(c1)OCO2. The Bertz CT molecular complexity index is 1200. The van der Waals surface area contributed by atoms with Crippen LogP contribution in [-0.4, -0.2) is 58.8 Å². The van der Waals surface area contributed by atoms with Crippen LogP contribution >= 0.6 is 0 Å². The summed E-state index contributed by atoms with van der Waals surface area (Å²) in [6.07, 6.45) is 0.788. The van der Waals surface area contributed by atoms with E-state index < -0.39 is 5.63 Å². The predicted molar refractivity (Wildman–Crippen MR) is 122 cm³/mol. The predicted octanol–water partition coefficient (Wildman–Crippen LogP) is 3.39. The Morgan fingerprint density at radius 3 is 2.55 bits per heavy atom. The number of ether oxygens (including phenoxy) is 5. The molecule has 0 bridgehead atoms. The van der Waals surface area contributed by atoms with E-state index in [0.717, 1.165) is 61.5 Å². The zero-order valence-electron chi connectivity index (χ0n) is 18.8. The summed E-state index contributed by atoms with van der Waals surface area (Å²) in [6.45, 7) is 4.32. The molecule has 2 aromatic carbocycles. The summed E-state index contributed by atoms with van der Waals surface area (Å²) in [5.41, 5.74) is 1.90. The second-order valence-corrected chi connectivity index (χ2v) is 8.10. The van der Waals surface area contributed by atoms with E-state index in [1.54, 1.807) is 20.3 Å². The average molecular weight is 453 g/mol. The Balaban J connectivity index is 1.65. The maximum atomic E-state index is 12.2. The van der Waals surface area contributed by atoms with Crippen molar-refractivity contribution in [1.82, 2.24) is 4.90 Å². The number of methoxy groups -OCH3 is 2. The zero-order chi connectivity index (χ0) is 22.8. The van der Waals surface area contributed by atoms with E-state index in [-0.39, 0.29) is 12.7 Å². The topological polar surface area (TPSA) is 79.6 Å². The second-order valence-electron chi connectivity index (χ2n) is 8.10. The van der Waals surface area contributed by atoms with Crippen LogP contribution in [-0.2, 0) is 4.74 Å². The molecule has 0 unspecified atom stereocenters. The molecule has 33 heavy (non-hydrogen) atoms. The number of benzene rings is 2. The van der Waals surface area contributed by atoms with Crippen molar-refractivity contribution in [2.24, 2.45) is 0 Å². The molecule has 174 valence electrons. The van der Waals surface area contributed by atoms with Gasteiger partial charge < -0.3 is 28.1 Å². The van der Waals surface area contributed by atoms with Gasteiger partial charge in [0.05, 0.1) is 32.8 Å². The third kappa shape index (κ3) is 4.24. The maximum absolute atomic E-state index is 12.2. The first-order valence-corrected chi connectivity index (χ1v) is 11.1. The van der Waals surface area contributed by atoms with Gasteiger partial charge in [0, 0.05) is 36.7 Å². The van der Waals surface area contributed by atoms with E-state index in [2.05, 4.69) is 4.90 Å². The van der Waals surface area contributed by atoms with E-state index in [4.69, 9.17) is 28.1 Å². The number of rotatable bonds is 7. The molecule has 1 atom stereocenters. The van der Waals surface area contributed by atoms with Crippen LogP contribution in [0.2, 0.25) is 0 Å². The number of morpholine rings is 1. The molecule has 5 rings (SSSR count). The van der Waals surface area contributed by atoms with E-state index >= 15 is 0 Å². The van der Waals surface area contributed by atoms with E-state index in [1.807, 2.05) is 24.3 Å². The molecule has 8 nitrogen and oxygen atoms in total. The fourth-order valence-electron chi connectivity index (χ4n) is 4.61. The smallest absolute Gasteiger partial charge is 0.336 e. The van der Waals surface area contributed by atoms with Gasteiger partial charge >= 0.3 is 5.63 Å². The Labute approximate surface area is 191 Å². The summed E-state index contributed by atoms with van der Waals surface area (Å²) < 4.78 is 33.8. The molecule has 1 aromatic heterocycles. The van der Waals surface area contributed by atoms with Crippen molar-refractivity contribution in [1.29, 1.82) is 0 Å². The van der Waals surface area contributed by atoms with Gasteiger partial charge in [-0.3, -0.25) is 4.90 Å². The molecule has 8 heteroatoms. The Hall–Kier alpha value is -3.23. The Kier molecular flexibility index (Phi) is 6.11. The van der Waals surface area contributed by atoms with Crippen LogP contribution in [0.15, 0.2) is 45.6 Å². The summed E-state index contributed by atoms with van der Waals surface area (Å²) in [7, 11) is 3.20. The number of hydrogen-bond acceptors (Lipinski definition) is 8. The number of hydrogen-bond donors (Lipinski definition) is 0. The summed E-state index contributed by atoms with van der Waals surface area (Å²) in [5.74, 6) is 2.52. The van der Waals surface area contributed by atoms with Gasteiger partial charge in [0.15, 0.2) is 11.5 Å². The van der Waals surface area contributed by atoms with Gasteiger partial charge in [-0.15, -0.1) is 0 Å². The highest BCUT2D eigenvalue weighted by molar-refractivity contribution is 5.89. The molecule has 0 saturated carbocycles. The van der Waals surface area contributed by atoms with Crippen LogP contribution < -0.4 is 24.6 Å².